The number of rotatable bonds is 7. The molecular formula is C18H25IN4O2S. The highest BCUT2D eigenvalue weighted by atomic mass is 127. The van der Waals surface area contributed by atoms with Gasteiger partial charge in [-0.3, -0.25) is 4.99 Å². The Kier molecular flexibility index (Phi) is 8.43. The van der Waals surface area contributed by atoms with Crippen molar-refractivity contribution < 1.29 is 9.47 Å². The van der Waals surface area contributed by atoms with Crippen LogP contribution in [-0.4, -0.2) is 37.9 Å². The van der Waals surface area contributed by atoms with Crippen molar-refractivity contribution in [3.8, 4) is 11.5 Å². The maximum absolute atomic E-state index is 5.41. The van der Waals surface area contributed by atoms with Gasteiger partial charge in [0.05, 0.1) is 10.7 Å². The average molecular weight is 488 g/mol. The first kappa shape index (κ1) is 20.8. The molecule has 1 aromatic heterocycles. The number of aliphatic imine (C=N–C) groups is 1. The summed E-state index contributed by atoms with van der Waals surface area (Å²) >= 11 is 1.73. The van der Waals surface area contributed by atoms with Gasteiger partial charge in [-0.25, -0.2) is 4.98 Å². The summed E-state index contributed by atoms with van der Waals surface area (Å²) in [6, 6.07) is 6.07. The monoisotopic (exact) mass is 488 g/mol. The number of halogens is 1. The van der Waals surface area contributed by atoms with E-state index in [-0.39, 0.29) is 24.0 Å². The molecule has 2 N–H and O–H groups in total. The summed E-state index contributed by atoms with van der Waals surface area (Å²) in [5, 5.41) is 10.0. The Morgan fingerprint density at radius 3 is 2.69 bits per heavy atom. The first-order valence-corrected chi connectivity index (χ1v) is 9.42. The van der Waals surface area contributed by atoms with Crippen LogP contribution in [0.3, 0.4) is 0 Å². The van der Waals surface area contributed by atoms with Gasteiger partial charge in [0, 0.05) is 31.9 Å². The fraction of sp³-hybridized carbons (Fsp3) is 0.444. The summed E-state index contributed by atoms with van der Waals surface area (Å²) in [4.78, 5) is 8.84. The molecule has 26 heavy (non-hydrogen) atoms. The van der Waals surface area contributed by atoms with Crippen molar-refractivity contribution in [1.82, 2.24) is 15.6 Å². The quantitative estimate of drug-likeness (QED) is 0.357. The van der Waals surface area contributed by atoms with Crippen LogP contribution in [0.25, 0.3) is 0 Å². The molecule has 2 heterocycles. The number of fused-ring (bicyclic) bond motifs is 1. The number of thiazole rings is 1. The maximum Gasteiger partial charge on any atom is 0.231 e. The van der Waals surface area contributed by atoms with Gasteiger partial charge in [-0.2, -0.15) is 0 Å². The highest BCUT2D eigenvalue weighted by Gasteiger charge is 2.12. The summed E-state index contributed by atoms with van der Waals surface area (Å²) in [7, 11) is 1.79. The van der Waals surface area contributed by atoms with E-state index in [9.17, 15) is 0 Å². The van der Waals surface area contributed by atoms with Gasteiger partial charge in [0.25, 0.3) is 0 Å². The van der Waals surface area contributed by atoms with Crippen LogP contribution in [0.2, 0.25) is 0 Å². The zero-order valence-corrected chi connectivity index (χ0v) is 18.2. The van der Waals surface area contributed by atoms with Crippen LogP contribution < -0.4 is 20.1 Å². The maximum atomic E-state index is 5.41. The molecule has 1 aliphatic rings. The third kappa shape index (κ3) is 5.73. The summed E-state index contributed by atoms with van der Waals surface area (Å²) in [5.74, 6) is 2.46. The third-order valence-electron chi connectivity index (χ3n) is 3.94. The molecule has 2 aromatic rings. The number of aromatic nitrogens is 1. The Labute approximate surface area is 175 Å². The van der Waals surface area contributed by atoms with Crippen LogP contribution in [0.5, 0.6) is 11.5 Å². The number of aryl methyl sites for hydroxylation is 1. The normalized spacial score (nSPS) is 12.6. The molecule has 8 heteroatoms. The highest BCUT2D eigenvalue weighted by molar-refractivity contribution is 14.0. The Balaban J connectivity index is 0.00000243. The topological polar surface area (TPSA) is 67.8 Å². The molecule has 0 spiro atoms. The van der Waals surface area contributed by atoms with Crippen molar-refractivity contribution in [1.29, 1.82) is 0 Å². The van der Waals surface area contributed by atoms with Crippen molar-refractivity contribution in [2.45, 2.75) is 26.2 Å². The van der Waals surface area contributed by atoms with E-state index in [1.54, 1.807) is 18.4 Å². The van der Waals surface area contributed by atoms with Crippen molar-refractivity contribution in [2.24, 2.45) is 4.99 Å². The summed E-state index contributed by atoms with van der Waals surface area (Å²) < 4.78 is 10.7. The number of ether oxygens (including phenoxy) is 2. The molecule has 0 unspecified atom stereocenters. The van der Waals surface area contributed by atoms with E-state index in [1.165, 1.54) is 10.6 Å². The van der Waals surface area contributed by atoms with E-state index >= 15 is 0 Å². The first-order valence-electron chi connectivity index (χ1n) is 8.55. The molecule has 1 aromatic carbocycles. The molecule has 0 amide bonds. The fourth-order valence-electron chi connectivity index (χ4n) is 2.58. The van der Waals surface area contributed by atoms with Gasteiger partial charge in [-0.15, -0.1) is 35.3 Å². The largest absolute Gasteiger partial charge is 0.454 e. The lowest BCUT2D eigenvalue weighted by molar-refractivity contribution is 0.174. The van der Waals surface area contributed by atoms with Gasteiger partial charge in [-0.1, -0.05) is 13.0 Å². The predicted molar refractivity (Wildman–Crippen MR) is 116 cm³/mol. The second-order valence-corrected chi connectivity index (χ2v) is 6.64. The zero-order valence-electron chi connectivity index (χ0n) is 15.1. The van der Waals surface area contributed by atoms with E-state index < -0.39 is 0 Å². The van der Waals surface area contributed by atoms with Gasteiger partial charge in [-0.05, 0) is 30.5 Å². The Bertz CT molecular complexity index is 736. The van der Waals surface area contributed by atoms with Crippen LogP contribution in [-0.2, 0) is 19.3 Å². The Hall–Kier alpha value is -1.55. The van der Waals surface area contributed by atoms with Gasteiger partial charge >= 0.3 is 0 Å². The minimum Gasteiger partial charge on any atom is -0.454 e. The SMILES string of the molecule is CCc1nc(CCNC(=NC)NCCc2ccc3c(c2)OCO3)cs1.I. The molecule has 0 fully saturated rings. The second-order valence-electron chi connectivity index (χ2n) is 5.70. The number of hydrogen-bond donors (Lipinski definition) is 2. The van der Waals surface area contributed by atoms with Crippen LogP contribution in [0.4, 0.5) is 0 Å². The van der Waals surface area contributed by atoms with Gasteiger partial charge in [0.2, 0.25) is 6.79 Å². The lowest BCUT2D eigenvalue weighted by Gasteiger charge is -2.11. The molecule has 1 aliphatic heterocycles. The second kappa shape index (κ2) is 10.6. The van der Waals surface area contributed by atoms with E-state index in [0.717, 1.165) is 55.5 Å². The lowest BCUT2D eigenvalue weighted by atomic mass is 10.1. The number of hydrogen-bond acceptors (Lipinski definition) is 5. The minimum absolute atomic E-state index is 0. The van der Waals surface area contributed by atoms with Crippen LogP contribution in [0.1, 0.15) is 23.2 Å². The molecule has 0 radical (unpaired) electrons. The van der Waals surface area contributed by atoms with E-state index in [4.69, 9.17) is 9.47 Å². The van der Waals surface area contributed by atoms with E-state index in [1.807, 2.05) is 12.1 Å². The predicted octanol–water partition coefficient (Wildman–Crippen LogP) is 3.00. The standard InChI is InChI=1S/C18H24N4O2S.HI/c1-3-17-22-14(11-25-17)7-9-21-18(19-2)20-8-6-13-4-5-15-16(10-13)24-12-23-15;/h4-5,10-11H,3,6-9,12H2,1-2H3,(H2,19,20,21);1H. The number of nitrogens with zero attached hydrogens (tertiary/aromatic N) is 2. The number of guanidine groups is 1. The minimum atomic E-state index is 0. The molecule has 0 saturated heterocycles. The van der Waals surface area contributed by atoms with Gasteiger partial charge < -0.3 is 20.1 Å². The van der Waals surface area contributed by atoms with Crippen LogP contribution in [0, 0.1) is 0 Å². The average Bonchev–Trinajstić information content (AvgIpc) is 3.28. The highest BCUT2D eigenvalue weighted by Crippen LogP contribution is 2.32. The molecule has 0 bridgehead atoms. The number of benzene rings is 1. The van der Waals surface area contributed by atoms with Crippen molar-refractivity contribution >= 4 is 41.3 Å². The summed E-state index contributed by atoms with van der Waals surface area (Å²) in [6.45, 7) is 4.06. The van der Waals surface area contributed by atoms with Crippen molar-refractivity contribution in [3.05, 3.63) is 39.8 Å². The molecule has 0 atom stereocenters. The van der Waals surface area contributed by atoms with Gasteiger partial charge in [0.1, 0.15) is 0 Å². The van der Waals surface area contributed by atoms with Gasteiger partial charge in [0.15, 0.2) is 17.5 Å². The smallest absolute Gasteiger partial charge is 0.231 e. The molecule has 0 aliphatic carbocycles. The molecule has 3 rings (SSSR count). The van der Waals surface area contributed by atoms with Crippen LogP contribution in [0.15, 0.2) is 28.6 Å². The van der Waals surface area contributed by atoms with E-state index in [2.05, 4.69) is 39.0 Å². The Morgan fingerprint density at radius 2 is 1.96 bits per heavy atom. The number of nitrogens with one attached hydrogen (secondary N) is 2. The molecule has 0 saturated carbocycles. The first-order chi connectivity index (χ1) is 12.3. The Morgan fingerprint density at radius 1 is 1.19 bits per heavy atom. The summed E-state index contributed by atoms with van der Waals surface area (Å²) in [6.07, 6.45) is 2.80. The third-order valence-corrected chi connectivity index (χ3v) is 4.98. The molecule has 142 valence electrons. The lowest BCUT2D eigenvalue weighted by Crippen LogP contribution is -2.39. The molecule has 6 nitrogen and oxygen atoms in total. The van der Waals surface area contributed by atoms with Crippen molar-refractivity contribution in [2.75, 3.05) is 26.9 Å². The zero-order chi connectivity index (χ0) is 17.5. The summed E-state index contributed by atoms with van der Waals surface area (Å²) in [5.41, 5.74) is 2.35. The fourth-order valence-corrected chi connectivity index (χ4v) is 3.36. The molecular weight excluding hydrogens is 463 g/mol. The van der Waals surface area contributed by atoms with E-state index in [0.29, 0.717) is 6.79 Å². The van der Waals surface area contributed by atoms with Crippen molar-refractivity contribution in [3.63, 3.8) is 0 Å². The van der Waals surface area contributed by atoms with Crippen LogP contribution >= 0.6 is 35.3 Å².